The zero-order chi connectivity index (χ0) is 20.0. The average Bonchev–Trinajstić information content (AvgIpc) is 2.61. The highest BCUT2D eigenvalue weighted by Gasteiger charge is 2.28. The van der Waals surface area contributed by atoms with Crippen LogP contribution in [0.5, 0.6) is 5.75 Å². The number of carboxylic acids is 1. The predicted molar refractivity (Wildman–Crippen MR) is 99.2 cm³/mol. The molecule has 1 amide bonds. The maximum absolute atomic E-state index is 12.8. The number of aliphatic carboxylic acids is 1. The fourth-order valence-electron chi connectivity index (χ4n) is 2.45. The second-order valence-corrected chi connectivity index (χ2v) is 7.43. The molecule has 8 nitrogen and oxygen atoms in total. The zero-order valence-electron chi connectivity index (χ0n) is 14.8. The van der Waals surface area contributed by atoms with Crippen molar-refractivity contribution < 1.29 is 27.9 Å². The van der Waals surface area contributed by atoms with Crippen molar-refractivity contribution in [2.24, 2.45) is 0 Å². The van der Waals surface area contributed by atoms with E-state index in [4.69, 9.17) is 4.74 Å². The number of methoxy groups -OCH3 is 1. The molecule has 2 aromatic carbocycles. The first-order chi connectivity index (χ1) is 12.7. The molecule has 144 valence electrons. The maximum atomic E-state index is 12.8. The van der Waals surface area contributed by atoms with E-state index in [1.807, 2.05) is 0 Å². The molecule has 0 aliphatic heterocycles. The number of nitrogens with one attached hydrogen (secondary N) is 2. The highest BCUT2D eigenvalue weighted by molar-refractivity contribution is 7.89. The van der Waals surface area contributed by atoms with Gasteiger partial charge in [-0.05, 0) is 30.2 Å². The molecule has 0 saturated heterocycles. The van der Waals surface area contributed by atoms with E-state index in [0.717, 1.165) is 0 Å². The van der Waals surface area contributed by atoms with Crippen LogP contribution in [0.2, 0.25) is 0 Å². The monoisotopic (exact) mass is 392 g/mol. The second kappa shape index (κ2) is 8.65. The van der Waals surface area contributed by atoms with Crippen LogP contribution in [0.4, 0.5) is 5.69 Å². The molecule has 0 radical (unpaired) electrons. The van der Waals surface area contributed by atoms with Crippen molar-refractivity contribution >= 4 is 27.6 Å². The van der Waals surface area contributed by atoms with E-state index >= 15 is 0 Å². The number of carboxylic acid groups (broad SMARTS) is 1. The second-order valence-electron chi connectivity index (χ2n) is 5.75. The third kappa shape index (κ3) is 5.53. The minimum Gasteiger partial charge on any atom is -0.495 e. The number of amides is 1. The minimum atomic E-state index is -4.23. The highest BCUT2D eigenvalue weighted by Crippen LogP contribution is 2.27. The molecule has 3 N–H and O–H groups in total. The fraction of sp³-hybridized carbons (Fsp3) is 0.222. The third-order valence-electron chi connectivity index (χ3n) is 3.65. The Balaban J connectivity index is 2.35. The van der Waals surface area contributed by atoms with E-state index in [1.54, 1.807) is 30.3 Å². The van der Waals surface area contributed by atoms with Crippen LogP contribution in [0.1, 0.15) is 12.5 Å². The summed E-state index contributed by atoms with van der Waals surface area (Å²) < 4.78 is 32.8. The summed E-state index contributed by atoms with van der Waals surface area (Å²) in [4.78, 5) is 22.5. The van der Waals surface area contributed by atoms with Gasteiger partial charge in [0.2, 0.25) is 15.9 Å². The van der Waals surface area contributed by atoms with Crippen molar-refractivity contribution in [1.29, 1.82) is 0 Å². The largest absolute Gasteiger partial charge is 0.495 e. The lowest BCUT2D eigenvalue weighted by Crippen LogP contribution is -2.42. The van der Waals surface area contributed by atoms with Gasteiger partial charge in [-0.25, -0.2) is 8.42 Å². The Morgan fingerprint density at radius 3 is 2.37 bits per heavy atom. The molecule has 1 unspecified atom stereocenters. The predicted octanol–water partition coefficient (Wildman–Crippen LogP) is 1.63. The van der Waals surface area contributed by atoms with Gasteiger partial charge in [0, 0.05) is 12.6 Å². The Hall–Kier alpha value is -2.91. The van der Waals surface area contributed by atoms with Crippen molar-refractivity contribution in [1.82, 2.24) is 4.72 Å². The van der Waals surface area contributed by atoms with E-state index in [-0.39, 0.29) is 28.7 Å². The van der Waals surface area contributed by atoms with E-state index in [0.29, 0.717) is 5.56 Å². The first-order valence-corrected chi connectivity index (χ1v) is 9.46. The fourth-order valence-corrected chi connectivity index (χ4v) is 3.83. The number of carbonyl (C=O) groups is 2. The van der Waals surface area contributed by atoms with Gasteiger partial charge in [-0.2, -0.15) is 4.72 Å². The molecule has 0 aliphatic rings. The molecule has 0 bridgehead atoms. The summed E-state index contributed by atoms with van der Waals surface area (Å²) in [6.45, 7) is 1.29. The normalized spacial score (nSPS) is 12.2. The van der Waals surface area contributed by atoms with Crippen molar-refractivity contribution in [2.75, 3.05) is 12.4 Å². The molecule has 0 fully saturated rings. The van der Waals surface area contributed by atoms with Gasteiger partial charge in [0.25, 0.3) is 0 Å². The lowest BCUT2D eigenvalue weighted by molar-refractivity contribution is -0.138. The van der Waals surface area contributed by atoms with Crippen LogP contribution in [0.3, 0.4) is 0 Å². The molecule has 0 heterocycles. The third-order valence-corrected chi connectivity index (χ3v) is 5.14. The molecule has 0 saturated carbocycles. The van der Waals surface area contributed by atoms with Crippen molar-refractivity contribution in [3.8, 4) is 5.75 Å². The number of hydrogen-bond acceptors (Lipinski definition) is 5. The first kappa shape index (κ1) is 20.4. The van der Waals surface area contributed by atoms with Gasteiger partial charge in [0.1, 0.15) is 16.7 Å². The number of hydrogen-bond donors (Lipinski definition) is 3. The van der Waals surface area contributed by atoms with Crippen molar-refractivity contribution in [3.05, 3.63) is 54.1 Å². The molecular formula is C18H20N2O6S. The Labute approximate surface area is 157 Å². The molecular weight excluding hydrogens is 372 g/mol. The number of carbonyl (C=O) groups excluding carboxylic acids is 1. The lowest BCUT2D eigenvalue weighted by atomic mass is 10.1. The van der Waals surface area contributed by atoms with Crippen LogP contribution in [0.25, 0.3) is 0 Å². The zero-order valence-corrected chi connectivity index (χ0v) is 15.6. The molecule has 27 heavy (non-hydrogen) atoms. The van der Waals surface area contributed by atoms with Gasteiger partial charge in [-0.1, -0.05) is 30.3 Å². The molecule has 0 aliphatic carbocycles. The van der Waals surface area contributed by atoms with E-state index < -0.39 is 22.0 Å². The molecule has 2 aromatic rings. The van der Waals surface area contributed by atoms with Crippen LogP contribution in [-0.2, 0) is 26.0 Å². The van der Waals surface area contributed by atoms with E-state index in [1.165, 1.54) is 32.2 Å². The van der Waals surface area contributed by atoms with Crippen LogP contribution in [-0.4, -0.2) is 38.6 Å². The number of rotatable bonds is 8. The number of anilines is 1. The minimum absolute atomic E-state index is 0.0247. The number of ether oxygens (including phenoxy) is 1. The number of sulfonamides is 1. The van der Waals surface area contributed by atoms with Gasteiger partial charge in [-0.3, -0.25) is 9.59 Å². The summed E-state index contributed by atoms with van der Waals surface area (Å²) in [7, 11) is -2.94. The van der Waals surface area contributed by atoms with Crippen LogP contribution >= 0.6 is 0 Å². The summed E-state index contributed by atoms with van der Waals surface area (Å²) in [6.07, 6.45) is -0.0247. The van der Waals surface area contributed by atoms with Gasteiger partial charge >= 0.3 is 5.97 Å². The summed E-state index contributed by atoms with van der Waals surface area (Å²) >= 11 is 0. The molecule has 9 heteroatoms. The Kier molecular flexibility index (Phi) is 6.54. The standard InChI is InChI=1S/C18H20N2O6S/c1-12(21)19-14-8-9-16(26-2)17(11-14)27(24,25)20-15(18(22)23)10-13-6-4-3-5-7-13/h3-9,11,15,20H,10H2,1-2H3,(H,19,21)(H,22,23). The maximum Gasteiger partial charge on any atom is 0.322 e. The molecule has 0 spiro atoms. The summed E-state index contributed by atoms with van der Waals surface area (Å²) in [6, 6.07) is 11.4. The van der Waals surface area contributed by atoms with Gasteiger partial charge in [0.05, 0.1) is 7.11 Å². The van der Waals surface area contributed by atoms with Crippen LogP contribution in [0, 0.1) is 0 Å². The lowest BCUT2D eigenvalue weighted by Gasteiger charge is -2.17. The Morgan fingerprint density at radius 2 is 1.81 bits per heavy atom. The van der Waals surface area contributed by atoms with Crippen molar-refractivity contribution in [3.63, 3.8) is 0 Å². The van der Waals surface area contributed by atoms with E-state index in [9.17, 15) is 23.1 Å². The quantitative estimate of drug-likeness (QED) is 0.628. The molecule has 2 rings (SSSR count). The Bertz CT molecular complexity index is 928. The average molecular weight is 392 g/mol. The molecule has 1 atom stereocenters. The van der Waals surface area contributed by atoms with Gasteiger partial charge < -0.3 is 15.2 Å². The summed E-state index contributed by atoms with van der Waals surface area (Å²) in [5.74, 6) is -1.65. The highest BCUT2D eigenvalue weighted by atomic mass is 32.2. The smallest absolute Gasteiger partial charge is 0.322 e. The van der Waals surface area contributed by atoms with Crippen LogP contribution in [0.15, 0.2) is 53.4 Å². The number of benzene rings is 2. The van der Waals surface area contributed by atoms with Gasteiger partial charge in [0.15, 0.2) is 0 Å². The Morgan fingerprint density at radius 1 is 1.15 bits per heavy atom. The van der Waals surface area contributed by atoms with Gasteiger partial charge in [-0.15, -0.1) is 0 Å². The summed E-state index contributed by atoms with van der Waals surface area (Å²) in [5, 5.41) is 11.9. The molecule has 0 aromatic heterocycles. The topological polar surface area (TPSA) is 122 Å². The van der Waals surface area contributed by atoms with E-state index in [2.05, 4.69) is 10.0 Å². The van der Waals surface area contributed by atoms with Crippen molar-refractivity contribution in [2.45, 2.75) is 24.3 Å². The summed E-state index contributed by atoms with van der Waals surface area (Å²) in [5.41, 5.74) is 0.921. The van der Waals surface area contributed by atoms with Crippen LogP contribution < -0.4 is 14.8 Å². The SMILES string of the molecule is COc1ccc(NC(C)=O)cc1S(=O)(=O)NC(Cc1ccccc1)C(=O)O. The first-order valence-electron chi connectivity index (χ1n) is 7.97.